The van der Waals surface area contributed by atoms with Crippen molar-refractivity contribution >= 4 is 11.9 Å². The van der Waals surface area contributed by atoms with E-state index in [0.717, 1.165) is 12.3 Å². The number of amides is 1. The Morgan fingerprint density at radius 3 is 2.79 bits per heavy atom. The molecule has 3 rings (SSSR count). The van der Waals surface area contributed by atoms with Gasteiger partial charge in [0.1, 0.15) is 5.69 Å². The van der Waals surface area contributed by atoms with E-state index in [1.807, 2.05) is 0 Å². The van der Waals surface area contributed by atoms with Crippen LogP contribution >= 0.6 is 0 Å². The van der Waals surface area contributed by atoms with Gasteiger partial charge in [-0.25, -0.2) is 9.78 Å². The van der Waals surface area contributed by atoms with Crippen LogP contribution in [0.25, 0.3) is 0 Å². The Hall–Kier alpha value is -1.91. The zero-order valence-corrected chi connectivity index (χ0v) is 10.5. The summed E-state index contributed by atoms with van der Waals surface area (Å²) in [5.41, 5.74) is 0.274. The second kappa shape index (κ2) is 4.64. The fourth-order valence-corrected chi connectivity index (χ4v) is 3.36. The first kappa shape index (κ1) is 12.1. The summed E-state index contributed by atoms with van der Waals surface area (Å²) in [4.78, 5) is 26.7. The number of pyridine rings is 1. The van der Waals surface area contributed by atoms with E-state index in [9.17, 15) is 9.59 Å². The normalized spacial score (nSPS) is 28.3. The summed E-state index contributed by atoms with van der Waals surface area (Å²) in [5, 5.41) is 11.9. The summed E-state index contributed by atoms with van der Waals surface area (Å²) in [6.45, 7) is 0. The van der Waals surface area contributed by atoms with E-state index in [1.54, 1.807) is 6.07 Å². The van der Waals surface area contributed by atoms with Crippen LogP contribution < -0.4 is 5.32 Å². The van der Waals surface area contributed by atoms with Crippen molar-refractivity contribution in [3.63, 3.8) is 0 Å². The molecule has 0 saturated heterocycles. The smallest absolute Gasteiger partial charge is 0.354 e. The summed E-state index contributed by atoms with van der Waals surface area (Å²) >= 11 is 0. The number of rotatable bonds is 3. The highest BCUT2D eigenvalue weighted by Gasteiger charge is 2.40. The highest BCUT2D eigenvalue weighted by atomic mass is 16.4. The number of carbonyl (C=O) groups excluding carboxylic acids is 1. The number of carbonyl (C=O) groups is 2. The lowest BCUT2D eigenvalue weighted by atomic mass is 9.95. The van der Waals surface area contributed by atoms with Gasteiger partial charge in [-0.05, 0) is 43.2 Å². The van der Waals surface area contributed by atoms with Gasteiger partial charge >= 0.3 is 5.97 Å². The summed E-state index contributed by atoms with van der Waals surface area (Å²) in [6.07, 6.45) is 6.13. The van der Waals surface area contributed by atoms with Gasteiger partial charge in [-0.3, -0.25) is 4.79 Å². The largest absolute Gasteiger partial charge is 0.477 e. The van der Waals surface area contributed by atoms with Crippen LogP contribution in [0.3, 0.4) is 0 Å². The number of fused-ring (bicyclic) bond motifs is 2. The molecule has 0 aliphatic heterocycles. The predicted molar refractivity (Wildman–Crippen MR) is 67.9 cm³/mol. The first-order chi connectivity index (χ1) is 9.13. The van der Waals surface area contributed by atoms with E-state index >= 15 is 0 Å². The molecular formula is C14H16N2O3. The molecular weight excluding hydrogens is 244 g/mol. The second-order valence-corrected chi connectivity index (χ2v) is 5.49. The molecule has 5 heteroatoms. The summed E-state index contributed by atoms with van der Waals surface area (Å²) in [7, 11) is 0. The molecule has 2 N–H and O–H groups in total. The number of carboxylic acid groups (broad SMARTS) is 1. The van der Waals surface area contributed by atoms with Crippen LogP contribution in [0.4, 0.5) is 0 Å². The molecule has 2 aliphatic carbocycles. The summed E-state index contributed by atoms with van der Waals surface area (Å²) in [6, 6.07) is 3.13. The van der Waals surface area contributed by atoms with Crippen LogP contribution in [0.2, 0.25) is 0 Å². The average molecular weight is 260 g/mol. The highest BCUT2D eigenvalue weighted by molar-refractivity contribution is 5.96. The van der Waals surface area contributed by atoms with Crippen molar-refractivity contribution in [3.05, 3.63) is 29.6 Å². The fourth-order valence-electron chi connectivity index (χ4n) is 3.36. The number of nitrogens with zero attached hydrogens (tertiary/aromatic N) is 1. The van der Waals surface area contributed by atoms with Crippen molar-refractivity contribution in [1.82, 2.24) is 10.3 Å². The predicted octanol–water partition coefficient (Wildman–Crippen LogP) is 1.70. The third-order valence-electron chi connectivity index (χ3n) is 4.30. The molecule has 0 aromatic carbocycles. The van der Waals surface area contributed by atoms with Crippen molar-refractivity contribution < 1.29 is 14.7 Å². The van der Waals surface area contributed by atoms with Crippen LogP contribution in [-0.2, 0) is 0 Å². The number of aromatic nitrogens is 1. The minimum absolute atomic E-state index is 0.0967. The quantitative estimate of drug-likeness (QED) is 0.867. The molecule has 19 heavy (non-hydrogen) atoms. The van der Waals surface area contributed by atoms with Gasteiger partial charge in [0, 0.05) is 17.8 Å². The van der Waals surface area contributed by atoms with Gasteiger partial charge in [-0.15, -0.1) is 0 Å². The Labute approximate surface area is 111 Å². The topological polar surface area (TPSA) is 79.3 Å². The van der Waals surface area contributed by atoms with Gasteiger partial charge in [0.2, 0.25) is 0 Å². The van der Waals surface area contributed by atoms with Crippen LogP contribution in [0, 0.1) is 11.8 Å². The van der Waals surface area contributed by atoms with Crippen molar-refractivity contribution in [2.45, 2.75) is 31.7 Å². The third-order valence-corrected chi connectivity index (χ3v) is 4.30. The van der Waals surface area contributed by atoms with E-state index in [1.165, 1.54) is 31.5 Å². The molecule has 5 nitrogen and oxygen atoms in total. The van der Waals surface area contributed by atoms with E-state index in [2.05, 4.69) is 10.3 Å². The standard InChI is InChI=1S/C14H16N2O3/c17-13(10-3-4-15-12(7-10)14(18)19)16-11-6-8-1-2-9(11)5-8/h3-4,7-9,11H,1-2,5-6H2,(H,16,17)(H,18,19). The van der Waals surface area contributed by atoms with Crippen LogP contribution in [0.15, 0.2) is 18.3 Å². The maximum absolute atomic E-state index is 12.1. The van der Waals surface area contributed by atoms with Gasteiger partial charge in [0.05, 0.1) is 0 Å². The second-order valence-electron chi connectivity index (χ2n) is 5.49. The van der Waals surface area contributed by atoms with Gasteiger partial charge < -0.3 is 10.4 Å². The molecule has 2 aliphatic rings. The molecule has 1 aromatic rings. The Kier molecular flexibility index (Phi) is 2.97. The minimum atomic E-state index is -1.12. The van der Waals surface area contributed by atoms with Crippen molar-refractivity contribution in [3.8, 4) is 0 Å². The maximum Gasteiger partial charge on any atom is 0.354 e. The molecule has 1 heterocycles. The first-order valence-electron chi connectivity index (χ1n) is 6.63. The van der Waals surface area contributed by atoms with Crippen LogP contribution in [0.5, 0.6) is 0 Å². The molecule has 2 fully saturated rings. The number of carboxylic acids is 1. The van der Waals surface area contributed by atoms with Crippen molar-refractivity contribution in [2.75, 3.05) is 0 Å². The van der Waals surface area contributed by atoms with Crippen LogP contribution in [0.1, 0.15) is 46.5 Å². The van der Waals surface area contributed by atoms with E-state index < -0.39 is 5.97 Å². The van der Waals surface area contributed by atoms with E-state index in [-0.39, 0.29) is 17.6 Å². The lowest BCUT2D eigenvalue weighted by molar-refractivity contribution is 0.0690. The molecule has 1 aromatic heterocycles. The maximum atomic E-state index is 12.1. The molecule has 0 radical (unpaired) electrons. The Morgan fingerprint density at radius 2 is 2.16 bits per heavy atom. The summed E-state index contributed by atoms with van der Waals surface area (Å²) < 4.78 is 0. The number of nitrogens with one attached hydrogen (secondary N) is 1. The third kappa shape index (κ3) is 2.32. The van der Waals surface area contributed by atoms with E-state index in [4.69, 9.17) is 5.11 Å². The molecule has 3 unspecified atom stereocenters. The SMILES string of the molecule is O=C(NC1CC2CCC1C2)c1ccnc(C(=O)O)c1. The monoisotopic (exact) mass is 260 g/mol. The summed E-state index contributed by atoms with van der Waals surface area (Å²) in [5.74, 6) is 0.0640. The number of hydrogen-bond acceptors (Lipinski definition) is 3. The van der Waals surface area contributed by atoms with E-state index in [0.29, 0.717) is 11.5 Å². The molecule has 2 saturated carbocycles. The van der Waals surface area contributed by atoms with Gasteiger partial charge in [-0.1, -0.05) is 6.42 Å². The number of aromatic carboxylic acids is 1. The molecule has 100 valence electrons. The van der Waals surface area contributed by atoms with Crippen molar-refractivity contribution in [2.24, 2.45) is 11.8 Å². The van der Waals surface area contributed by atoms with Crippen LogP contribution in [-0.4, -0.2) is 28.0 Å². The molecule has 3 atom stereocenters. The Bertz CT molecular complexity index is 529. The zero-order chi connectivity index (χ0) is 13.4. The Balaban J connectivity index is 1.70. The van der Waals surface area contributed by atoms with Gasteiger partial charge in [0.15, 0.2) is 0 Å². The lowest BCUT2D eigenvalue weighted by Crippen LogP contribution is -2.38. The molecule has 0 spiro atoms. The zero-order valence-electron chi connectivity index (χ0n) is 10.5. The molecule has 2 bridgehead atoms. The first-order valence-corrected chi connectivity index (χ1v) is 6.63. The Morgan fingerprint density at radius 1 is 1.32 bits per heavy atom. The number of hydrogen-bond donors (Lipinski definition) is 2. The van der Waals surface area contributed by atoms with Gasteiger partial charge in [0.25, 0.3) is 5.91 Å². The minimum Gasteiger partial charge on any atom is -0.477 e. The van der Waals surface area contributed by atoms with Crippen molar-refractivity contribution in [1.29, 1.82) is 0 Å². The average Bonchev–Trinajstić information content (AvgIpc) is 3.01. The highest BCUT2D eigenvalue weighted by Crippen LogP contribution is 2.44. The lowest BCUT2D eigenvalue weighted by Gasteiger charge is -2.22. The fraction of sp³-hybridized carbons (Fsp3) is 0.500. The van der Waals surface area contributed by atoms with Gasteiger partial charge in [-0.2, -0.15) is 0 Å². The molecule has 1 amide bonds.